The van der Waals surface area contributed by atoms with E-state index in [4.69, 9.17) is 5.26 Å². The van der Waals surface area contributed by atoms with Gasteiger partial charge in [0.05, 0.1) is 24.0 Å². The monoisotopic (exact) mass is 440 g/mol. The summed E-state index contributed by atoms with van der Waals surface area (Å²) in [5, 5.41) is 22.2. The molecule has 0 aliphatic carbocycles. The van der Waals surface area contributed by atoms with Crippen LogP contribution in [0, 0.1) is 35.8 Å². The van der Waals surface area contributed by atoms with E-state index in [0.29, 0.717) is 37.7 Å². The Morgan fingerprint density at radius 1 is 1.19 bits per heavy atom. The maximum absolute atomic E-state index is 14.2. The van der Waals surface area contributed by atoms with Gasteiger partial charge in [0, 0.05) is 36.8 Å². The van der Waals surface area contributed by atoms with E-state index < -0.39 is 17.7 Å². The highest BCUT2D eigenvalue weighted by molar-refractivity contribution is 5.52. The first-order chi connectivity index (χ1) is 15.4. The highest BCUT2D eigenvalue weighted by atomic mass is 19.1. The molecule has 4 heterocycles. The quantitative estimate of drug-likeness (QED) is 0.528. The van der Waals surface area contributed by atoms with Gasteiger partial charge in [-0.25, -0.2) is 8.78 Å². The molecule has 3 N–H and O–H groups in total. The highest BCUT2D eigenvalue weighted by Gasteiger charge is 2.23. The van der Waals surface area contributed by atoms with Crippen molar-refractivity contribution in [1.29, 1.82) is 5.26 Å². The SMILES string of the molecule is Cc1cc(Nc2nc(NC(C)c3ncc(F)cc3F)nc(N3CCC(C#N)CC3)n2)n[nH]1. The molecule has 10 nitrogen and oxygen atoms in total. The van der Waals surface area contributed by atoms with Crippen LogP contribution in [0.2, 0.25) is 0 Å². The molecule has 0 spiro atoms. The minimum atomic E-state index is -0.761. The maximum atomic E-state index is 14.2. The maximum Gasteiger partial charge on any atom is 0.235 e. The fraction of sp³-hybridized carbons (Fsp3) is 0.400. The number of piperidine rings is 1. The Kier molecular flexibility index (Phi) is 6.07. The van der Waals surface area contributed by atoms with Crippen LogP contribution in [0.4, 0.5) is 32.4 Å². The van der Waals surface area contributed by atoms with Crippen molar-refractivity contribution < 1.29 is 8.78 Å². The first-order valence-corrected chi connectivity index (χ1v) is 10.2. The van der Waals surface area contributed by atoms with E-state index in [1.165, 1.54) is 0 Å². The second kappa shape index (κ2) is 9.09. The van der Waals surface area contributed by atoms with Gasteiger partial charge in [0.2, 0.25) is 17.8 Å². The largest absolute Gasteiger partial charge is 0.346 e. The zero-order valence-electron chi connectivity index (χ0n) is 17.6. The van der Waals surface area contributed by atoms with Crippen LogP contribution in [0.15, 0.2) is 18.3 Å². The van der Waals surface area contributed by atoms with E-state index in [2.05, 4.69) is 46.8 Å². The third kappa shape index (κ3) is 4.88. The molecule has 32 heavy (non-hydrogen) atoms. The number of pyridine rings is 1. The summed E-state index contributed by atoms with van der Waals surface area (Å²) in [7, 11) is 0. The van der Waals surface area contributed by atoms with Crippen molar-refractivity contribution in [2.75, 3.05) is 28.6 Å². The van der Waals surface area contributed by atoms with Crippen molar-refractivity contribution in [2.45, 2.75) is 32.7 Å². The number of aromatic nitrogens is 6. The summed E-state index contributed by atoms with van der Waals surface area (Å²) in [4.78, 5) is 19.2. The lowest BCUT2D eigenvalue weighted by Crippen LogP contribution is -2.35. The van der Waals surface area contributed by atoms with Crippen molar-refractivity contribution in [2.24, 2.45) is 5.92 Å². The minimum absolute atomic E-state index is 0.0165. The molecule has 3 aromatic rings. The molecule has 1 unspecified atom stereocenters. The second-order valence-electron chi connectivity index (χ2n) is 7.62. The normalized spacial score (nSPS) is 15.3. The molecule has 1 aliphatic heterocycles. The van der Waals surface area contributed by atoms with Crippen LogP contribution in [0.1, 0.15) is 37.2 Å². The Balaban J connectivity index is 1.61. The predicted octanol–water partition coefficient (Wildman–Crippen LogP) is 3.23. The van der Waals surface area contributed by atoms with Crippen molar-refractivity contribution in [3.63, 3.8) is 0 Å². The average molecular weight is 440 g/mol. The summed E-state index contributed by atoms with van der Waals surface area (Å²) >= 11 is 0. The molecule has 3 aromatic heterocycles. The van der Waals surface area contributed by atoms with Gasteiger partial charge in [-0.3, -0.25) is 10.1 Å². The molecule has 166 valence electrons. The van der Waals surface area contributed by atoms with E-state index in [1.54, 1.807) is 13.0 Å². The molecule has 4 rings (SSSR count). The first kappa shape index (κ1) is 21.4. The molecular formula is C20H22F2N10. The Hall–Kier alpha value is -3.88. The molecule has 0 aromatic carbocycles. The topological polar surface area (TPSA) is 131 Å². The Labute approximate surface area is 183 Å². The van der Waals surface area contributed by atoms with Crippen LogP contribution in [0.3, 0.4) is 0 Å². The van der Waals surface area contributed by atoms with Gasteiger partial charge >= 0.3 is 0 Å². The number of aryl methyl sites for hydroxylation is 1. The number of H-pyrrole nitrogens is 1. The Bertz CT molecular complexity index is 1130. The number of anilines is 4. The average Bonchev–Trinajstić information content (AvgIpc) is 3.18. The minimum Gasteiger partial charge on any atom is -0.346 e. The lowest BCUT2D eigenvalue weighted by molar-refractivity contribution is 0.482. The van der Waals surface area contributed by atoms with Gasteiger partial charge in [0.15, 0.2) is 5.82 Å². The standard InChI is InChI=1S/C20H22F2N10/c1-11-7-16(31-30-11)26-19-27-18(25-12(2)17-15(22)8-14(21)10-24-17)28-20(29-19)32-5-3-13(9-23)4-6-32/h7-8,10,12-13H,3-6H2,1-2H3,(H3,25,26,27,28,29,30,31). The molecule has 12 heteroatoms. The summed E-state index contributed by atoms with van der Waals surface area (Å²) in [6.45, 7) is 4.81. The summed E-state index contributed by atoms with van der Waals surface area (Å²) in [5.74, 6) is -0.0775. The van der Waals surface area contributed by atoms with Gasteiger partial charge in [0.1, 0.15) is 11.6 Å². The third-order valence-corrected chi connectivity index (χ3v) is 5.12. The molecule has 1 atom stereocenters. The Morgan fingerprint density at radius 2 is 1.94 bits per heavy atom. The highest BCUT2D eigenvalue weighted by Crippen LogP contribution is 2.25. The summed E-state index contributed by atoms with van der Waals surface area (Å²) in [6, 6.07) is 4.26. The van der Waals surface area contributed by atoms with E-state index in [1.807, 2.05) is 11.8 Å². The number of halogens is 2. The Morgan fingerprint density at radius 3 is 2.59 bits per heavy atom. The molecule has 0 bridgehead atoms. The van der Waals surface area contributed by atoms with Crippen molar-refractivity contribution in [3.05, 3.63) is 41.4 Å². The van der Waals surface area contributed by atoms with Gasteiger partial charge in [-0.05, 0) is 26.7 Å². The molecule has 0 radical (unpaired) electrons. The zero-order chi connectivity index (χ0) is 22.7. The first-order valence-electron chi connectivity index (χ1n) is 10.2. The fourth-order valence-corrected chi connectivity index (χ4v) is 3.44. The number of nitriles is 1. The van der Waals surface area contributed by atoms with E-state index in [0.717, 1.165) is 18.0 Å². The summed E-state index contributed by atoms with van der Waals surface area (Å²) < 4.78 is 27.4. The zero-order valence-corrected chi connectivity index (χ0v) is 17.6. The van der Waals surface area contributed by atoms with E-state index in [-0.39, 0.29) is 23.5 Å². The number of hydrogen-bond acceptors (Lipinski definition) is 9. The molecule has 1 saturated heterocycles. The van der Waals surface area contributed by atoms with Crippen LogP contribution in [0.5, 0.6) is 0 Å². The van der Waals surface area contributed by atoms with Crippen LogP contribution in [-0.2, 0) is 0 Å². The number of rotatable bonds is 6. The van der Waals surface area contributed by atoms with Crippen LogP contribution >= 0.6 is 0 Å². The number of nitrogens with one attached hydrogen (secondary N) is 3. The molecule has 1 fully saturated rings. The van der Waals surface area contributed by atoms with Gasteiger partial charge in [-0.15, -0.1) is 0 Å². The fourth-order valence-electron chi connectivity index (χ4n) is 3.44. The smallest absolute Gasteiger partial charge is 0.235 e. The summed E-state index contributed by atoms with van der Waals surface area (Å²) in [5.41, 5.74) is 0.908. The molecular weight excluding hydrogens is 418 g/mol. The molecule has 0 amide bonds. The predicted molar refractivity (Wildman–Crippen MR) is 113 cm³/mol. The second-order valence-corrected chi connectivity index (χ2v) is 7.62. The van der Waals surface area contributed by atoms with Crippen molar-refractivity contribution >= 4 is 23.7 Å². The van der Waals surface area contributed by atoms with Gasteiger partial charge in [-0.2, -0.15) is 25.3 Å². The van der Waals surface area contributed by atoms with Crippen LogP contribution in [0.25, 0.3) is 0 Å². The lowest BCUT2D eigenvalue weighted by Gasteiger charge is -2.29. The van der Waals surface area contributed by atoms with Crippen molar-refractivity contribution in [3.8, 4) is 6.07 Å². The lowest BCUT2D eigenvalue weighted by atomic mass is 9.99. The van der Waals surface area contributed by atoms with Crippen molar-refractivity contribution in [1.82, 2.24) is 30.1 Å². The van der Waals surface area contributed by atoms with Gasteiger partial charge in [-0.1, -0.05) is 0 Å². The number of aromatic amines is 1. The van der Waals surface area contributed by atoms with Gasteiger partial charge in [0.25, 0.3) is 0 Å². The molecule has 1 aliphatic rings. The number of nitrogens with zero attached hydrogens (tertiary/aromatic N) is 7. The van der Waals surface area contributed by atoms with E-state index in [9.17, 15) is 8.78 Å². The number of hydrogen-bond donors (Lipinski definition) is 3. The summed E-state index contributed by atoms with van der Waals surface area (Å²) in [6.07, 6.45) is 2.39. The van der Waals surface area contributed by atoms with Crippen LogP contribution in [-0.4, -0.2) is 43.2 Å². The van der Waals surface area contributed by atoms with E-state index >= 15 is 0 Å². The third-order valence-electron chi connectivity index (χ3n) is 5.12. The molecule has 0 saturated carbocycles. The van der Waals surface area contributed by atoms with Crippen LogP contribution < -0.4 is 15.5 Å². The van der Waals surface area contributed by atoms with Gasteiger partial charge < -0.3 is 15.5 Å².